The van der Waals surface area contributed by atoms with Gasteiger partial charge in [0.25, 0.3) is 0 Å². The standard InChI is InChI=1S/C16H17ClO3/c1-11(18)14-8-7-13(19-2)9-16(14)20-10-12-5-3-4-6-15(12)17/h3-9,11,18H,10H2,1-2H3/t11-/m0/s1. The lowest BCUT2D eigenvalue weighted by molar-refractivity contribution is 0.190. The van der Waals surface area contributed by atoms with Crippen LogP contribution in [0.3, 0.4) is 0 Å². The first-order chi connectivity index (χ1) is 9.61. The second-order valence-electron chi connectivity index (χ2n) is 4.46. The number of hydrogen-bond donors (Lipinski definition) is 1. The monoisotopic (exact) mass is 292 g/mol. The smallest absolute Gasteiger partial charge is 0.129 e. The highest BCUT2D eigenvalue weighted by Crippen LogP contribution is 2.30. The van der Waals surface area contributed by atoms with Gasteiger partial charge in [-0.05, 0) is 25.1 Å². The largest absolute Gasteiger partial charge is 0.497 e. The van der Waals surface area contributed by atoms with E-state index in [4.69, 9.17) is 21.1 Å². The van der Waals surface area contributed by atoms with Crippen LogP contribution in [0.15, 0.2) is 42.5 Å². The molecule has 0 aliphatic rings. The van der Waals surface area contributed by atoms with Gasteiger partial charge in [-0.1, -0.05) is 29.8 Å². The molecule has 106 valence electrons. The lowest BCUT2D eigenvalue weighted by Gasteiger charge is -2.15. The van der Waals surface area contributed by atoms with Crippen LogP contribution in [0.2, 0.25) is 5.02 Å². The Bertz CT molecular complexity index is 582. The van der Waals surface area contributed by atoms with Crippen molar-refractivity contribution in [2.24, 2.45) is 0 Å². The van der Waals surface area contributed by atoms with E-state index >= 15 is 0 Å². The molecular formula is C16H17ClO3. The number of ether oxygens (including phenoxy) is 2. The van der Waals surface area contributed by atoms with Crippen molar-refractivity contribution in [1.82, 2.24) is 0 Å². The van der Waals surface area contributed by atoms with Crippen LogP contribution in [-0.4, -0.2) is 12.2 Å². The summed E-state index contributed by atoms with van der Waals surface area (Å²) >= 11 is 6.10. The van der Waals surface area contributed by atoms with E-state index in [1.54, 1.807) is 32.2 Å². The summed E-state index contributed by atoms with van der Waals surface area (Å²) in [5.41, 5.74) is 1.62. The zero-order valence-electron chi connectivity index (χ0n) is 11.5. The Labute approximate surface area is 123 Å². The van der Waals surface area contributed by atoms with Crippen molar-refractivity contribution in [3.63, 3.8) is 0 Å². The third kappa shape index (κ3) is 3.44. The summed E-state index contributed by atoms with van der Waals surface area (Å²) in [6.07, 6.45) is -0.609. The molecule has 1 atom stereocenters. The molecule has 0 aromatic heterocycles. The fraction of sp³-hybridized carbons (Fsp3) is 0.250. The van der Waals surface area contributed by atoms with E-state index < -0.39 is 6.10 Å². The summed E-state index contributed by atoms with van der Waals surface area (Å²) in [5, 5.41) is 10.4. The van der Waals surface area contributed by atoms with Gasteiger partial charge in [-0.3, -0.25) is 0 Å². The Hall–Kier alpha value is -1.71. The van der Waals surface area contributed by atoms with Crippen molar-refractivity contribution >= 4 is 11.6 Å². The Morgan fingerprint density at radius 1 is 1.20 bits per heavy atom. The van der Waals surface area contributed by atoms with E-state index in [-0.39, 0.29) is 0 Å². The summed E-state index contributed by atoms with van der Waals surface area (Å²) in [7, 11) is 1.59. The second kappa shape index (κ2) is 6.64. The lowest BCUT2D eigenvalue weighted by Crippen LogP contribution is -2.02. The molecule has 0 fully saturated rings. The van der Waals surface area contributed by atoms with E-state index in [1.165, 1.54) is 0 Å². The molecule has 4 heteroatoms. The van der Waals surface area contributed by atoms with Gasteiger partial charge in [-0.15, -0.1) is 0 Å². The van der Waals surface area contributed by atoms with Crippen molar-refractivity contribution < 1.29 is 14.6 Å². The van der Waals surface area contributed by atoms with Gasteiger partial charge in [0.2, 0.25) is 0 Å². The summed E-state index contributed by atoms with van der Waals surface area (Å²) in [6.45, 7) is 2.04. The molecule has 1 N–H and O–H groups in total. The zero-order chi connectivity index (χ0) is 14.5. The molecule has 0 aliphatic carbocycles. The van der Waals surface area contributed by atoms with Crippen LogP contribution in [0.5, 0.6) is 11.5 Å². The molecule has 0 bridgehead atoms. The van der Waals surface area contributed by atoms with Crippen LogP contribution in [-0.2, 0) is 6.61 Å². The van der Waals surface area contributed by atoms with Crippen LogP contribution in [0, 0.1) is 0 Å². The lowest BCUT2D eigenvalue weighted by atomic mass is 10.1. The van der Waals surface area contributed by atoms with Gasteiger partial charge in [0.15, 0.2) is 0 Å². The average Bonchev–Trinajstić information content (AvgIpc) is 2.46. The van der Waals surface area contributed by atoms with Gasteiger partial charge in [-0.2, -0.15) is 0 Å². The number of benzene rings is 2. The van der Waals surface area contributed by atoms with Crippen LogP contribution in [0.1, 0.15) is 24.2 Å². The molecule has 0 saturated carbocycles. The molecule has 20 heavy (non-hydrogen) atoms. The fourth-order valence-corrected chi connectivity index (χ4v) is 2.07. The molecule has 0 spiro atoms. The first kappa shape index (κ1) is 14.7. The normalized spacial score (nSPS) is 12.0. The minimum absolute atomic E-state index is 0.340. The predicted molar refractivity (Wildman–Crippen MR) is 79.4 cm³/mol. The van der Waals surface area contributed by atoms with Gasteiger partial charge in [0, 0.05) is 22.2 Å². The number of halogens is 1. The van der Waals surface area contributed by atoms with Crippen molar-refractivity contribution in [3.05, 3.63) is 58.6 Å². The molecule has 2 aromatic rings. The molecule has 2 aromatic carbocycles. The maximum Gasteiger partial charge on any atom is 0.129 e. The molecule has 0 heterocycles. The molecule has 0 amide bonds. The number of aliphatic hydroxyl groups is 1. The highest BCUT2D eigenvalue weighted by atomic mass is 35.5. The minimum Gasteiger partial charge on any atom is -0.497 e. The first-order valence-electron chi connectivity index (χ1n) is 6.34. The average molecular weight is 293 g/mol. The maximum atomic E-state index is 9.77. The van der Waals surface area contributed by atoms with Gasteiger partial charge >= 0.3 is 0 Å². The van der Waals surface area contributed by atoms with E-state index in [1.807, 2.05) is 24.3 Å². The Morgan fingerprint density at radius 3 is 2.60 bits per heavy atom. The SMILES string of the molecule is COc1ccc([C@H](C)O)c(OCc2ccccc2Cl)c1. The Balaban J connectivity index is 2.21. The second-order valence-corrected chi connectivity index (χ2v) is 4.87. The van der Waals surface area contributed by atoms with Crippen LogP contribution in [0.25, 0.3) is 0 Å². The van der Waals surface area contributed by atoms with Crippen molar-refractivity contribution in [1.29, 1.82) is 0 Å². The minimum atomic E-state index is -0.609. The molecule has 2 rings (SSSR count). The van der Waals surface area contributed by atoms with Gasteiger partial charge in [0.05, 0.1) is 13.2 Å². The summed E-state index contributed by atoms with van der Waals surface area (Å²) in [4.78, 5) is 0. The van der Waals surface area contributed by atoms with Gasteiger partial charge < -0.3 is 14.6 Å². The maximum absolute atomic E-state index is 9.77. The highest BCUT2D eigenvalue weighted by molar-refractivity contribution is 6.31. The Morgan fingerprint density at radius 2 is 1.95 bits per heavy atom. The van der Waals surface area contributed by atoms with Gasteiger partial charge in [-0.25, -0.2) is 0 Å². The third-order valence-corrected chi connectivity index (χ3v) is 3.38. The molecular weight excluding hydrogens is 276 g/mol. The number of rotatable bonds is 5. The summed E-state index contributed by atoms with van der Waals surface area (Å²) < 4.78 is 11.0. The summed E-state index contributed by atoms with van der Waals surface area (Å²) in [6, 6.07) is 12.9. The van der Waals surface area contributed by atoms with E-state index in [0.29, 0.717) is 23.1 Å². The van der Waals surface area contributed by atoms with Crippen molar-refractivity contribution in [2.75, 3.05) is 7.11 Å². The molecule has 0 radical (unpaired) electrons. The number of methoxy groups -OCH3 is 1. The summed E-state index contributed by atoms with van der Waals surface area (Å²) in [5.74, 6) is 1.28. The number of aliphatic hydroxyl groups excluding tert-OH is 1. The Kier molecular flexibility index (Phi) is 4.88. The third-order valence-electron chi connectivity index (χ3n) is 3.01. The topological polar surface area (TPSA) is 38.7 Å². The van der Waals surface area contributed by atoms with Crippen molar-refractivity contribution in [3.8, 4) is 11.5 Å². The quantitative estimate of drug-likeness (QED) is 0.906. The van der Waals surface area contributed by atoms with Crippen LogP contribution in [0.4, 0.5) is 0 Å². The predicted octanol–water partition coefficient (Wildman–Crippen LogP) is 3.98. The van der Waals surface area contributed by atoms with Crippen LogP contribution < -0.4 is 9.47 Å². The van der Waals surface area contributed by atoms with E-state index in [2.05, 4.69) is 0 Å². The zero-order valence-corrected chi connectivity index (χ0v) is 12.2. The molecule has 3 nitrogen and oxygen atoms in total. The number of hydrogen-bond acceptors (Lipinski definition) is 3. The van der Waals surface area contributed by atoms with E-state index in [0.717, 1.165) is 11.1 Å². The first-order valence-corrected chi connectivity index (χ1v) is 6.72. The molecule has 0 saturated heterocycles. The fourth-order valence-electron chi connectivity index (χ4n) is 1.88. The van der Waals surface area contributed by atoms with Crippen LogP contribution >= 0.6 is 11.6 Å². The molecule has 0 aliphatic heterocycles. The van der Waals surface area contributed by atoms with Gasteiger partial charge in [0.1, 0.15) is 18.1 Å². The highest BCUT2D eigenvalue weighted by Gasteiger charge is 2.11. The molecule has 0 unspecified atom stereocenters. The van der Waals surface area contributed by atoms with E-state index in [9.17, 15) is 5.11 Å². The van der Waals surface area contributed by atoms with Crippen molar-refractivity contribution in [2.45, 2.75) is 19.6 Å².